The third-order valence-electron chi connectivity index (χ3n) is 4.85. The summed E-state index contributed by atoms with van der Waals surface area (Å²) < 4.78 is 29.3. The Hall–Kier alpha value is -2.29. The number of fused-ring (bicyclic) bond motifs is 1. The SMILES string of the molecule is Cc1nc2ccc(S(=O)(=O)N[C@H](C(=O)Nc3ccc(C(C)C)cc3)C(C)C)cc2s1. The Morgan fingerprint density at radius 1 is 1.03 bits per heavy atom. The van der Waals surface area contributed by atoms with Crippen LogP contribution in [0.25, 0.3) is 10.2 Å². The molecule has 0 spiro atoms. The molecule has 0 bridgehead atoms. The number of aromatic nitrogens is 1. The van der Waals surface area contributed by atoms with Gasteiger partial charge in [-0.25, -0.2) is 13.4 Å². The Balaban J connectivity index is 1.79. The molecule has 1 heterocycles. The van der Waals surface area contributed by atoms with E-state index < -0.39 is 16.1 Å². The minimum Gasteiger partial charge on any atom is -0.325 e. The standard InChI is InChI=1S/C22H27N3O3S2/c1-13(2)16-6-8-17(9-7-16)24-22(26)21(14(3)4)25-30(27,28)18-10-11-19-20(12-18)29-15(5)23-19/h6-14,21,25H,1-5H3,(H,24,26)/t21-/m0/s1. The van der Waals surface area contributed by atoms with Gasteiger partial charge in [0.05, 0.1) is 20.1 Å². The maximum atomic E-state index is 13.0. The number of benzene rings is 2. The fourth-order valence-electron chi connectivity index (χ4n) is 3.09. The van der Waals surface area contributed by atoms with Crippen molar-refractivity contribution in [2.24, 2.45) is 5.92 Å². The molecule has 0 aliphatic carbocycles. The molecule has 3 rings (SSSR count). The van der Waals surface area contributed by atoms with Gasteiger partial charge in [0.1, 0.15) is 6.04 Å². The number of nitrogens with one attached hydrogen (secondary N) is 2. The molecule has 3 aromatic rings. The molecule has 2 aromatic carbocycles. The summed E-state index contributed by atoms with van der Waals surface area (Å²) in [5.41, 5.74) is 2.57. The molecular weight excluding hydrogens is 418 g/mol. The first-order valence-electron chi connectivity index (χ1n) is 9.87. The van der Waals surface area contributed by atoms with Crippen molar-refractivity contribution in [2.75, 3.05) is 5.32 Å². The molecule has 2 N–H and O–H groups in total. The highest BCUT2D eigenvalue weighted by Gasteiger charge is 2.28. The van der Waals surface area contributed by atoms with E-state index in [2.05, 4.69) is 28.9 Å². The van der Waals surface area contributed by atoms with Crippen LogP contribution in [-0.2, 0) is 14.8 Å². The van der Waals surface area contributed by atoms with Gasteiger partial charge in [-0.2, -0.15) is 4.72 Å². The van der Waals surface area contributed by atoms with Crippen molar-refractivity contribution in [1.29, 1.82) is 0 Å². The highest BCUT2D eigenvalue weighted by Crippen LogP contribution is 2.25. The van der Waals surface area contributed by atoms with Gasteiger partial charge in [0.2, 0.25) is 15.9 Å². The average Bonchev–Trinajstić information content (AvgIpc) is 3.05. The highest BCUT2D eigenvalue weighted by atomic mass is 32.2. The second-order valence-electron chi connectivity index (χ2n) is 7.97. The molecule has 1 atom stereocenters. The summed E-state index contributed by atoms with van der Waals surface area (Å²) in [5.74, 6) is -0.227. The number of rotatable bonds is 7. The van der Waals surface area contributed by atoms with E-state index in [-0.39, 0.29) is 16.7 Å². The summed E-state index contributed by atoms with van der Waals surface area (Å²) in [6.07, 6.45) is 0. The zero-order valence-corrected chi connectivity index (χ0v) is 19.4. The van der Waals surface area contributed by atoms with Crippen molar-refractivity contribution in [3.05, 3.63) is 53.0 Å². The molecule has 0 unspecified atom stereocenters. The van der Waals surface area contributed by atoms with Crippen molar-refractivity contribution in [1.82, 2.24) is 9.71 Å². The molecular formula is C22H27N3O3S2. The minimum atomic E-state index is -3.87. The third-order valence-corrected chi connectivity index (χ3v) is 7.23. The molecule has 0 fully saturated rings. The first-order valence-corrected chi connectivity index (χ1v) is 12.2. The number of aryl methyl sites for hydroxylation is 1. The van der Waals surface area contributed by atoms with Crippen LogP contribution >= 0.6 is 11.3 Å². The Bertz CT molecular complexity index is 1150. The smallest absolute Gasteiger partial charge is 0.242 e. The Kier molecular flexibility index (Phi) is 6.59. The van der Waals surface area contributed by atoms with Gasteiger partial charge < -0.3 is 5.32 Å². The van der Waals surface area contributed by atoms with E-state index in [0.29, 0.717) is 11.6 Å². The van der Waals surface area contributed by atoms with Gasteiger partial charge in [-0.15, -0.1) is 11.3 Å². The van der Waals surface area contributed by atoms with Crippen LogP contribution < -0.4 is 10.0 Å². The number of anilines is 1. The van der Waals surface area contributed by atoms with Gasteiger partial charge in [-0.05, 0) is 54.7 Å². The van der Waals surface area contributed by atoms with Gasteiger partial charge in [-0.1, -0.05) is 39.8 Å². The van der Waals surface area contributed by atoms with E-state index in [1.807, 2.05) is 45.0 Å². The maximum absolute atomic E-state index is 13.0. The van der Waals surface area contributed by atoms with Gasteiger partial charge in [0.25, 0.3) is 0 Å². The minimum absolute atomic E-state index is 0.124. The van der Waals surface area contributed by atoms with E-state index in [4.69, 9.17) is 0 Å². The summed E-state index contributed by atoms with van der Waals surface area (Å²) in [7, 11) is -3.87. The lowest BCUT2D eigenvalue weighted by Crippen LogP contribution is -2.47. The van der Waals surface area contributed by atoms with E-state index in [9.17, 15) is 13.2 Å². The molecule has 0 aliphatic rings. The fraction of sp³-hybridized carbons (Fsp3) is 0.364. The number of thiazole rings is 1. The maximum Gasteiger partial charge on any atom is 0.242 e. The van der Waals surface area contributed by atoms with Crippen molar-refractivity contribution in [2.45, 2.75) is 51.5 Å². The van der Waals surface area contributed by atoms with Crippen molar-refractivity contribution < 1.29 is 13.2 Å². The zero-order valence-electron chi connectivity index (χ0n) is 17.8. The third kappa shape index (κ3) is 5.06. The monoisotopic (exact) mass is 445 g/mol. The number of sulfonamides is 1. The summed E-state index contributed by atoms with van der Waals surface area (Å²) in [4.78, 5) is 17.3. The quantitative estimate of drug-likeness (QED) is 0.553. The van der Waals surface area contributed by atoms with E-state index in [1.54, 1.807) is 12.1 Å². The van der Waals surface area contributed by atoms with Gasteiger partial charge in [0, 0.05) is 5.69 Å². The second-order valence-corrected chi connectivity index (χ2v) is 10.9. The molecule has 0 radical (unpaired) electrons. The molecule has 30 heavy (non-hydrogen) atoms. The molecule has 1 aromatic heterocycles. The summed E-state index contributed by atoms with van der Waals surface area (Å²) in [5, 5.41) is 3.69. The van der Waals surface area contributed by atoms with E-state index in [0.717, 1.165) is 15.2 Å². The van der Waals surface area contributed by atoms with Gasteiger partial charge in [-0.3, -0.25) is 4.79 Å². The first kappa shape index (κ1) is 22.4. The van der Waals surface area contributed by atoms with Crippen LogP contribution in [-0.4, -0.2) is 25.4 Å². The van der Waals surface area contributed by atoms with Crippen molar-refractivity contribution in [3.8, 4) is 0 Å². The number of carbonyl (C=O) groups is 1. The first-order chi connectivity index (χ1) is 14.1. The molecule has 6 nitrogen and oxygen atoms in total. The Labute approximate surface area is 181 Å². The van der Waals surface area contributed by atoms with Gasteiger partial charge >= 0.3 is 0 Å². The van der Waals surface area contributed by atoms with Crippen LogP contribution in [0.15, 0.2) is 47.4 Å². The fourth-order valence-corrected chi connectivity index (χ4v) is 5.40. The zero-order chi connectivity index (χ0) is 22.1. The summed E-state index contributed by atoms with van der Waals surface area (Å²) in [6, 6.07) is 11.5. The lowest BCUT2D eigenvalue weighted by atomic mass is 10.0. The number of hydrogen-bond donors (Lipinski definition) is 2. The summed E-state index contributed by atoms with van der Waals surface area (Å²) in [6.45, 7) is 9.70. The molecule has 1 amide bonds. The number of hydrogen-bond acceptors (Lipinski definition) is 5. The average molecular weight is 446 g/mol. The van der Waals surface area contributed by atoms with Crippen molar-refractivity contribution in [3.63, 3.8) is 0 Å². The van der Waals surface area contributed by atoms with E-state index >= 15 is 0 Å². The number of nitrogens with zero attached hydrogens (tertiary/aromatic N) is 1. The van der Waals surface area contributed by atoms with Crippen molar-refractivity contribution >= 4 is 43.2 Å². The van der Waals surface area contributed by atoms with Crippen LogP contribution in [0.1, 0.15) is 44.2 Å². The van der Waals surface area contributed by atoms with Crippen LogP contribution in [0.3, 0.4) is 0 Å². The van der Waals surface area contributed by atoms with Crippen LogP contribution in [0, 0.1) is 12.8 Å². The molecule has 0 aliphatic heterocycles. The lowest BCUT2D eigenvalue weighted by Gasteiger charge is -2.22. The number of carbonyl (C=O) groups excluding carboxylic acids is 1. The molecule has 0 saturated heterocycles. The van der Waals surface area contributed by atoms with Gasteiger partial charge in [0.15, 0.2) is 0 Å². The predicted octanol–water partition coefficient (Wildman–Crippen LogP) is 4.67. The lowest BCUT2D eigenvalue weighted by molar-refractivity contribution is -0.118. The molecule has 160 valence electrons. The molecule has 8 heteroatoms. The predicted molar refractivity (Wildman–Crippen MR) is 122 cm³/mol. The van der Waals surface area contributed by atoms with E-state index in [1.165, 1.54) is 23.0 Å². The Morgan fingerprint density at radius 3 is 2.30 bits per heavy atom. The number of amides is 1. The largest absolute Gasteiger partial charge is 0.325 e. The molecule has 0 saturated carbocycles. The van der Waals surface area contributed by atoms with Crippen LogP contribution in [0.2, 0.25) is 0 Å². The second kappa shape index (κ2) is 8.83. The van der Waals surface area contributed by atoms with Crippen LogP contribution in [0.4, 0.5) is 5.69 Å². The normalized spacial score (nSPS) is 13.2. The topological polar surface area (TPSA) is 88.2 Å². The Morgan fingerprint density at radius 2 is 1.70 bits per heavy atom. The summed E-state index contributed by atoms with van der Waals surface area (Å²) >= 11 is 1.44. The highest BCUT2D eigenvalue weighted by molar-refractivity contribution is 7.89. The van der Waals surface area contributed by atoms with Crippen LogP contribution in [0.5, 0.6) is 0 Å².